The lowest BCUT2D eigenvalue weighted by Crippen LogP contribution is -2.37. The first-order valence-electron chi connectivity index (χ1n) is 7.53. The van der Waals surface area contributed by atoms with E-state index in [1.807, 2.05) is 28.9 Å². The SMILES string of the molecule is O=C(O)CN1C(=O)CN(CCCNn2cnc3ccccc32)C1=S. The Balaban J connectivity index is 1.49. The summed E-state index contributed by atoms with van der Waals surface area (Å²) in [6.45, 7) is 1.01. The van der Waals surface area contributed by atoms with Gasteiger partial charge in [-0.25, -0.2) is 9.66 Å². The van der Waals surface area contributed by atoms with Gasteiger partial charge in [0.2, 0.25) is 5.91 Å². The van der Waals surface area contributed by atoms with E-state index in [9.17, 15) is 9.59 Å². The number of aromatic nitrogens is 2. The molecule has 2 N–H and O–H groups in total. The zero-order valence-corrected chi connectivity index (χ0v) is 13.7. The van der Waals surface area contributed by atoms with Crippen molar-refractivity contribution in [3.05, 3.63) is 30.6 Å². The Morgan fingerprint density at radius 3 is 2.96 bits per heavy atom. The van der Waals surface area contributed by atoms with E-state index < -0.39 is 5.97 Å². The number of nitrogens with zero attached hydrogens (tertiary/aromatic N) is 4. The van der Waals surface area contributed by atoms with Gasteiger partial charge in [-0.3, -0.25) is 14.5 Å². The predicted molar refractivity (Wildman–Crippen MR) is 92.1 cm³/mol. The van der Waals surface area contributed by atoms with Crippen molar-refractivity contribution in [1.29, 1.82) is 0 Å². The molecule has 1 saturated heterocycles. The van der Waals surface area contributed by atoms with Gasteiger partial charge in [-0.15, -0.1) is 0 Å². The highest BCUT2D eigenvalue weighted by Crippen LogP contribution is 2.12. The van der Waals surface area contributed by atoms with Crippen LogP contribution in [0.15, 0.2) is 30.6 Å². The van der Waals surface area contributed by atoms with Gasteiger partial charge in [0.05, 0.1) is 17.6 Å². The quantitative estimate of drug-likeness (QED) is 0.556. The van der Waals surface area contributed by atoms with E-state index in [0.29, 0.717) is 13.1 Å². The number of hydrogen-bond acceptors (Lipinski definition) is 5. The summed E-state index contributed by atoms with van der Waals surface area (Å²) in [5.41, 5.74) is 5.17. The Morgan fingerprint density at radius 2 is 2.17 bits per heavy atom. The molecule has 3 rings (SSSR count). The molecule has 0 radical (unpaired) electrons. The van der Waals surface area contributed by atoms with Crippen molar-refractivity contribution >= 4 is 40.2 Å². The number of nitrogens with one attached hydrogen (secondary N) is 1. The molecule has 1 aliphatic heterocycles. The molecular weight excluding hydrogens is 330 g/mol. The molecule has 2 heterocycles. The van der Waals surface area contributed by atoms with Crippen molar-refractivity contribution in [2.24, 2.45) is 0 Å². The summed E-state index contributed by atoms with van der Waals surface area (Å²) in [5.74, 6) is -1.34. The lowest BCUT2D eigenvalue weighted by molar-refractivity contribution is -0.140. The molecule has 24 heavy (non-hydrogen) atoms. The van der Waals surface area contributed by atoms with Gasteiger partial charge in [-0.05, 0) is 30.8 Å². The molecular formula is C15H17N5O3S. The van der Waals surface area contributed by atoms with Crippen molar-refractivity contribution in [2.75, 3.05) is 31.6 Å². The van der Waals surface area contributed by atoms with Crippen LogP contribution in [0.5, 0.6) is 0 Å². The van der Waals surface area contributed by atoms with Gasteiger partial charge in [0, 0.05) is 13.1 Å². The van der Waals surface area contributed by atoms with Gasteiger partial charge < -0.3 is 15.4 Å². The number of aliphatic carboxylic acids is 1. The Morgan fingerprint density at radius 1 is 1.38 bits per heavy atom. The average molecular weight is 347 g/mol. The van der Waals surface area contributed by atoms with Gasteiger partial charge >= 0.3 is 5.97 Å². The fourth-order valence-corrected chi connectivity index (χ4v) is 2.94. The van der Waals surface area contributed by atoms with Gasteiger partial charge in [-0.1, -0.05) is 12.1 Å². The number of fused-ring (bicyclic) bond motifs is 1. The number of thiocarbonyl (C=S) groups is 1. The fraction of sp³-hybridized carbons (Fsp3) is 0.333. The molecule has 1 aromatic heterocycles. The minimum absolute atomic E-state index is 0.139. The van der Waals surface area contributed by atoms with Crippen molar-refractivity contribution in [3.8, 4) is 0 Å². The molecule has 0 unspecified atom stereocenters. The van der Waals surface area contributed by atoms with Crippen LogP contribution in [-0.2, 0) is 9.59 Å². The van der Waals surface area contributed by atoms with Crippen LogP contribution in [0.4, 0.5) is 0 Å². The summed E-state index contributed by atoms with van der Waals surface area (Å²) < 4.78 is 1.86. The van der Waals surface area contributed by atoms with E-state index in [1.165, 1.54) is 0 Å². The monoisotopic (exact) mass is 347 g/mol. The molecule has 1 aliphatic rings. The summed E-state index contributed by atoms with van der Waals surface area (Å²) in [5, 5.41) is 9.10. The fourth-order valence-electron chi connectivity index (χ4n) is 2.61. The van der Waals surface area contributed by atoms with Crippen molar-refractivity contribution < 1.29 is 14.7 Å². The first kappa shape index (κ1) is 16.2. The Hall–Kier alpha value is -2.68. The van der Waals surface area contributed by atoms with E-state index in [2.05, 4.69) is 10.4 Å². The number of carboxylic acid groups (broad SMARTS) is 1. The zero-order valence-electron chi connectivity index (χ0n) is 12.9. The maximum absolute atomic E-state index is 11.8. The van der Waals surface area contributed by atoms with Crippen molar-refractivity contribution in [2.45, 2.75) is 6.42 Å². The molecule has 126 valence electrons. The molecule has 0 spiro atoms. The summed E-state index contributed by atoms with van der Waals surface area (Å²) >= 11 is 5.18. The number of amides is 1. The third-order valence-corrected chi connectivity index (χ3v) is 4.24. The lowest BCUT2D eigenvalue weighted by atomic mass is 10.3. The van der Waals surface area contributed by atoms with Crippen LogP contribution in [0.2, 0.25) is 0 Å². The second-order valence-corrected chi connectivity index (χ2v) is 5.81. The van der Waals surface area contributed by atoms with Crippen molar-refractivity contribution in [3.63, 3.8) is 0 Å². The average Bonchev–Trinajstić information content (AvgIpc) is 3.08. The highest BCUT2D eigenvalue weighted by atomic mass is 32.1. The number of hydrogen-bond donors (Lipinski definition) is 2. The second kappa shape index (κ2) is 6.83. The summed E-state index contributed by atoms with van der Waals surface area (Å²) in [6.07, 6.45) is 2.48. The molecule has 1 aromatic carbocycles. The van der Waals surface area contributed by atoms with Gasteiger partial charge in [0.1, 0.15) is 12.9 Å². The molecule has 1 fully saturated rings. The number of rotatable bonds is 7. The molecule has 2 aromatic rings. The molecule has 9 heteroatoms. The van der Waals surface area contributed by atoms with Crippen LogP contribution in [0, 0.1) is 0 Å². The maximum Gasteiger partial charge on any atom is 0.323 e. The second-order valence-electron chi connectivity index (χ2n) is 5.44. The normalized spacial score (nSPS) is 14.7. The number of para-hydroxylation sites is 2. The minimum atomic E-state index is -1.07. The molecule has 0 bridgehead atoms. The predicted octanol–water partition coefficient (Wildman–Crippen LogP) is 0.484. The Kier molecular flexibility index (Phi) is 4.61. The van der Waals surface area contributed by atoms with Crippen LogP contribution in [0.3, 0.4) is 0 Å². The van der Waals surface area contributed by atoms with Gasteiger partial charge in [0.25, 0.3) is 0 Å². The van der Waals surface area contributed by atoms with E-state index >= 15 is 0 Å². The lowest BCUT2D eigenvalue weighted by Gasteiger charge is -2.19. The number of carboxylic acids is 1. The first-order valence-corrected chi connectivity index (χ1v) is 7.94. The molecule has 0 aliphatic carbocycles. The largest absolute Gasteiger partial charge is 0.480 e. The topological polar surface area (TPSA) is 90.7 Å². The Labute approximate surface area is 143 Å². The van der Waals surface area contributed by atoms with Crippen LogP contribution < -0.4 is 5.43 Å². The summed E-state index contributed by atoms with van der Waals surface area (Å²) in [7, 11) is 0. The number of benzene rings is 1. The molecule has 0 saturated carbocycles. The Bertz CT molecular complexity index is 790. The van der Waals surface area contributed by atoms with Gasteiger partial charge in [0.15, 0.2) is 5.11 Å². The van der Waals surface area contributed by atoms with Gasteiger partial charge in [-0.2, -0.15) is 0 Å². The van der Waals surface area contributed by atoms with E-state index in [1.54, 1.807) is 11.2 Å². The summed E-state index contributed by atoms with van der Waals surface area (Å²) in [4.78, 5) is 29.7. The minimum Gasteiger partial charge on any atom is -0.480 e. The van der Waals surface area contributed by atoms with E-state index in [-0.39, 0.29) is 24.1 Å². The first-order chi connectivity index (χ1) is 11.6. The number of carbonyl (C=O) groups excluding carboxylic acids is 1. The maximum atomic E-state index is 11.8. The van der Waals surface area contributed by atoms with Crippen LogP contribution in [0.1, 0.15) is 6.42 Å². The smallest absolute Gasteiger partial charge is 0.323 e. The zero-order chi connectivity index (χ0) is 17.1. The van der Waals surface area contributed by atoms with Crippen LogP contribution in [0.25, 0.3) is 11.0 Å². The van der Waals surface area contributed by atoms with Crippen LogP contribution in [-0.4, -0.2) is 67.7 Å². The number of imidazole rings is 1. The highest BCUT2D eigenvalue weighted by Gasteiger charge is 2.33. The third kappa shape index (κ3) is 3.30. The number of carbonyl (C=O) groups is 2. The third-order valence-electron chi connectivity index (χ3n) is 3.76. The molecule has 0 atom stereocenters. The molecule has 8 nitrogen and oxygen atoms in total. The summed E-state index contributed by atoms with van der Waals surface area (Å²) in [6, 6.07) is 7.81. The standard InChI is InChI=1S/C15H17N5O3S/c21-13-8-18(15(24)19(13)9-14(22)23)7-3-6-17-20-10-16-11-4-1-2-5-12(11)20/h1-2,4-5,10,17H,3,6-9H2,(H,22,23). The highest BCUT2D eigenvalue weighted by molar-refractivity contribution is 7.80. The molecule has 1 amide bonds. The van der Waals surface area contributed by atoms with E-state index in [0.717, 1.165) is 22.4 Å². The van der Waals surface area contributed by atoms with E-state index in [4.69, 9.17) is 17.3 Å². The van der Waals surface area contributed by atoms with Crippen molar-refractivity contribution in [1.82, 2.24) is 19.5 Å². The van der Waals surface area contributed by atoms with Crippen LogP contribution >= 0.6 is 12.2 Å².